The molecular weight excluding hydrogens is 256 g/mol. The van der Waals surface area contributed by atoms with Gasteiger partial charge >= 0.3 is 0 Å². The summed E-state index contributed by atoms with van der Waals surface area (Å²) >= 11 is 0. The lowest BCUT2D eigenvalue weighted by molar-refractivity contribution is 0.103. The molecule has 2 aliphatic rings. The summed E-state index contributed by atoms with van der Waals surface area (Å²) in [6.07, 6.45) is 7.19. The van der Waals surface area contributed by atoms with E-state index in [1.165, 1.54) is 45.2 Å². The van der Waals surface area contributed by atoms with Crippen LogP contribution < -0.4 is 5.32 Å². The van der Waals surface area contributed by atoms with E-state index in [1.807, 2.05) is 0 Å². The van der Waals surface area contributed by atoms with E-state index in [0.717, 1.165) is 36.3 Å². The first-order valence-electron chi connectivity index (χ1n) is 9.48. The van der Waals surface area contributed by atoms with Crippen LogP contribution in [0.2, 0.25) is 0 Å². The van der Waals surface area contributed by atoms with Gasteiger partial charge in [0.1, 0.15) is 0 Å². The predicted molar refractivity (Wildman–Crippen MR) is 92.6 cm³/mol. The maximum atomic E-state index is 3.78. The predicted octanol–water partition coefficient (Wildman–Crippen LogP) is 4.16. The molecule has 2 aliphatic carbocycles. The van der Waals surface area contributed by atoms with E-state index in [1.54, 1.807) is 0 Å². The van der Waals surface area contributed by atoms with E-state index in [-0.39, 0.29) is 0 Å². The zero-order chi connectivity index (χ0) is 15.4. The second kappa shape index (κ2) is 7.97. The summed E-state index contributed by atoms with van der Waals surface area (Å²) in [4.78, 5) is 2.77. The van der Waals surface area contributed by atoms with Gasteiger partial charge in [0.05, 0.1) is 0 Å². The van der Waals surface area contributed by atoms with Gasteiger partial charge in [-0.25, -0.2) is 0 Å². The summed E-state index contributed by atoms with van der Waals surface area (Å²) in [6.45, 7) is 15.6. The summed E-state index contributed by atoms with van der Waals surface area (Å²) in [5.74, 6) is 3.66. The quantitative estimate of drug-likeness (QED) is 0.723. The Balaban J connectivity index is 1.95. The minimum atomic E-state index is 0.701. The van der Waals surface area contributed by atoms with E-state index in [2.05, 4.69) is 44.8 Å². The number of nitrogens with zero attached hydrogens (tertiary/aromatic N) is 1. The van der Waals surface area contributed by atoms with E-state index in [9.17, 15) is 0 Å². The Labute approximate surface area is 133 Å². The van der Waals surface area contributed by atoms with Gasteiger partial charge in [-0.05, 0) is 76.2 Å². The number of hydrogen-bond acceptors (Lipinski definition) is 2. The summed E-state index contributed by atoms with van der Waals surface area (Å²) in [7, 11) is 0. The molecule has 0 radical (unpaired) electrons. The van der Waals surface area contributed by atoms with Crippen LogP contribution in [0.25, 0.3) is 0 Å². The minimum Gasteiger partial charge on any atom is -0.314 e. The van der Waals surface area contributed by atoms with Gasteiger partial charge in [-0.15, -0.1) is 0 Å². The van der Waals surface area contributed by atoms with Gasteiger partial charge in [0.2, 0.25) is 0 Å². The first-order chi connectivity index (χ1) is 10.0. The van der Waals surface area contributed by atoms with E-state index in [0.29, 0.717) is 6.04 Å². The molecule has 124 valence electrons. The molecule has 0 spiro atoms. The SMILES string of the molecule is CCNC1CCC(C(C)C)CC1CN(CC1CC1)C(C)C. The van der Waals surface area contributed by atoms with Crippen molar-refractivity contribution < 1.29 is 0 Å². The van der Waals surface area contributed by atoms with Gasteiger partial charge < -0.3 is 10.2 Å². The standard InChI is InChI=1S/C19H38N2/c1-6-20-19-10-9-17(14(2)3)11-18(19)13-21(15(4)5)12-16-7-8-16/h14-20H,6-13H2,1-5H3. The smallest absolute Gasteiger partial charge is 0.0108 e. The van der Waals surface area contributed by atoms with Crippen LogP contribution in [-0.4, -0.2) is 36.6 Å². The van der Waals surface area contributed by atoms with Crippen molar-refractivity contribution in [2.24, 2.45) is 23.7 Å². The molecule has 0 aromatic heterocycles. The Hall–Kier alpha value is -0.0800. The number of hydrogen-bond donors (Lipinski definition) is 1. The molecule has 0 aliphatic heterocycles. The lowest BCUT2D eigenvalue weighted by atomic mass is 9.73. The third kappa shape index (κ3) is 5.25. The van der Waals surface area contributed by atoms with E-state index < -0.39 is 0 Å². The average molecular weight is 295 g/mol. The van der Waals surface area contributed by atoms with Crippen LogP contribution >= 0.6 is 0 Å². The maximum Gasteiger partial charge on any atom is 0.0108 e. The van der Waals surface area contributed by atoms with Crippen molar-refractivity contribution in [2.45, 2.75) is 78.8 Å². The molecule has 1 N–H and O–H groups in total. The maximum absolute atomic E-state index is 3.78. The molecule has 2 saturated carbocycles. The topological polar surface area (TPSA) is 15.3 Å². The molecule has 0 bridgehead atoms. The summed E-state index contributed by atoms with van der Waals surface area (Å²) in [5, 5.41) is 3.78. The number of nitrogens with one attached hydrogen (secondary N) is 1. The van der Waals surface area contributed by atoms with Crippen LogP contribution in [0.1, 0.15) is 66.7 Å². The highest BCUT2D eigenvalue weighted by atomic mass is 15.2. The lowest BCUT2D eigenvalue weighted by Crippen LogP contribution is -2.48. The minimum absolute atomic E-state index is 0.701. The Kier molecular flexibility index (Phi) is 6.55. The van der Waals surface area contributed by atoms with Crippen molar-refractivity contribution in [1.82, 2.24) is 10.2 Å². The van der Waals surface area contributed by atoms with Gasteiger partial charge in [0.15, 0.2) is 0 Å². The van der Waals surface area contributed by atoms with Crippen LogP contribution in [0.3, 0.4) is 0 Å². The Morgan fingerprint density at radius 3 is 2.24 bits per heavy atom. The summed E-state index contributed by atoms with van der Waals surface area (Å²) in [5.41, 5.74) is 0. The second-order valence-corrected chi connectivity index (χ2v) is 8.23. The fraction of sp³-hybridized carbons (Fsp3) is 1.00. The van der Waals surface area contributed by atoms with Gasteiger partial charge in [-0.3, -0.25) is 0 Å². The number of rotatable bonds is 8. The first-order valence-corrected chi connectivity index (χ1v) is 9.48. The van der Waals surface area contributed by atoms with E-state index in [4.69, 9.17) is 0 Å². The van der Waals surface area contributed by atoms with Crippen molar-refractivity contribution in [2.75, 3.05) is 19.6 Å². The van der Waals surface area contributed by atoms with Gasteiger partial charge in [-0.1, -0.05) is 20.8 Å². The van der Waals surface area contributed by atoms with Crippen LogP contribution in [-0.2, 0) is 0 Å². The van der Waals surface area contributed by atoms with Crippen LogP contribution in [0.4, 0.5) is 0 Å². The van der Waals surface area contributed by atoms with Crippen molar-refractivity contribution in [3.8, 4) is 0 Å². The van der Waals surface area contributed by atoms with Gasteiger partial charge in [-0.2, -0.15) is 0 Å². The molecule has 3 atom stereocenters. The zero-order valence-electron chi connectivity index (χ0n) is 15.1. The fourth-order valence-corrected chi connectivity index (χ4v) is 4.07. The third-order valence-electron chi connectivity index (χ3n) is 5.82. The second-order valence-electron chi connectivity index (χ2n) is 8.23. The van der Waals surface area contributed by atoms with Gasteiger partial charge in [0, 0.05) is 25.2 Å². The largest absolute Gasteiger partial charge is 0.314 e. The molecule has 0 aromatic carbocycles. The van der Waals surface area contributed by atoms with Gasteiger partial charge in [0.25, 0.3) is 0 Å². The summed E-state index contributed by atoms with van der Waals surface area (Å²) < 4.78 is 0. The fourth-order valence-electron chi connectivity index (χ4n) is 4.07. The Bertz CT molecular complexity index is 296. The Morgan fingerprint density at radius 1 is 1.00 bits per heavy atom. The molecule has 0 saturated heterocycles. The first kappa shape index (κ1) is 17.3. The molecule has 0 aromatic rings. The molecule has 2 nitrogen and oxygen atoms in total. The molecular formula is C19H38N2. The third-order valence-corrected chi connectivity index (χ3v) is 5.82. The van der Waals surface area contributed by atoms with Crippen LogP contribution in [0.15, 0.2) is 0 Å². The lowest BCUT2D eigenvalue weighted by Gasteiger charge is -2.41. The zero-order valence-corrected chi connectivity index (χ0v) is 15.1. The molecule has 21 heavy (non-hydrogen) atoms. The summed E-state index contributed by atoms with van der Waals surface area (Å²) in [6, 6.07) is 1.46. The van der Waals surface area contributed by atoms with Crippen molar-refractivity contribution >= 4 is 0 Å². The van der Waals surface area contributed by atoms with Crippen molar-refractivity contribution in [1.29, 1.82) is 0 Å². The van der Waals surface area contributed by atoms with Crippen molar-refractivity contribution in [3.05, 3.63) is 0 Å². The molecule has 2 heteroatoms. The van der Waals surface area contributed by atoms with Crippen molar-refractivity contribution in [3.63, 3.8) is 0 Å². The average Bonchev–Trinajstić information content (AvgIpc) is 3.23. The molecule has 3 unspecified atom stereocenters. The molecule has 0 amide bonds. The normalized spacial score (nSPS) is 30.6. The highest BCUT2D eigenvalue weighted by molar-refractivity contribution is 4.89. The highest BCUT2D eigenvalue weighted by Crippen LogP contribution is 2.36. The van der Waals surface area contributed by atoms with E-state index >= 15 is 0 Å². The molecule has 2 fully saturated rings. The Morgan fingerprint density at radius 2 is 1.71 bits per heavy atom. The highest BCUT2D eigenvalue weighted by Gasteiger charge is 2.34. The van der Waals surface area contributed by atoms with Crippen LogP contribution in [0.5, 0.6) is 0 Å². The molecule has 2 rings (SSSR count). The monoisotopic (exact) mass is 294 g/mol. The molecule has 0 heterocycles. The van der Waals surface area contributed by atoms with Crippen LogP contribution in [0, 0.1) is 23.7 Å².